The number of nitrogens with two attached hydrogens (primary N) is 1. The van der Waals surface area contributed by atoms with E-state index in [1.165, 1.54) is 6.33 Å². The Labute approximate surface area is 98.3 Å². The first-order chi connectivity index (χ1) is 8.09. The van der Waals surface area contributed by atoms with Crippen LogP contribution in [-0.2, 0) is 18.3 Å². The van der Waals surface area contributed by atoms with Crippen LogP contribution in [0, 0.1) is 0 Å². The van der Waals surface area contributed by atoms with Crippen molar-refractivity contribution in [1.82, 2.24) is 19.5 Å². The van der Waals surface area contributed by atoms with Gasteiger partial charge >= 0.3 is 5.97 Å². The molecule has 0 radical (unpaired) electrons. The molecule has 2 aromatic rings. The van der Waals surface area contributed by atoms with Crippen LogP contribution in [0.25, 0.3) is 0 Å². The van der Waals surface area contributed by atoms with Crippen LogP contribution in [0.3, 0.4) is 0 Å². The molecule has 92 valence electrons. The van der Waals surface area contributed by atoms with E-state index in [9.17, 15) is 4.79 Å². The number of rotatable bonds is 3. The molecule has 4 N–H and O–H groups in total. The molecule has 0 spiro atoms. The Hall–Kier alpha value is -2.15. The van der Waals surface area contributed by atoms with Crippen molar-refractivity contribution >= 4 is 5.97 Å². The molecule has 2 heterocycles. The second kappa shape index (κ2) is 6.44. The van der Waals surface area contributed by atoms with Gasteiger partial charge in [0.1, 0.15) is 6.04 Å². The van der Waals surface area contributed by atoms with Gasteiger partial charge in [0.25, 0.3) is 0 Å². The normalized spacial score (nSPS) is 11.4. The molecule has 1 unspecified atom stereocenters. The zero-order valence-corrected chi connectivity index (χ0v) is 9.45. The molecule has 0 fully saturated rings. The third kappa shape index (κ3) is 4.94. The van der Waals surface area contributed by atoms with Gasteiger partial charge in [0.2, 0.25) is 0 Å². The summed E-state index contributed by atoms with van der Waals surface area (Å²) in [4.78, 5) is 20.6. The monoisotopic (exact) mass is 237 g/mol. The minimum Gasteiger partial charge on any atom is -0.480 e. The number of nitrogens with zero attached hydrogens (tertiary/aromatic N) is 3. The Morgan fingerprint density at radius 3 is 2.82 bits per heavy atom. The lowest BCUT2D eigenvalue weighted by atomic mass is 10.2. The van der Waals surface area contributed by atoms with Crippen molar-refractivity contribution in [2.75, 3.05) is 0 Å². The molecule has 0 saturated heterocycles. The highest BCUT2D eigenvalue weighted by Gasteiger charge is 2.12. The molecular formula is C10H15N5O2. The Bertz CT molecular complexity index is 424. The minimum absolute atomic E-state index is 0.263. The van der Waals surface area contributed by atoms with E-state index in [4.69, 9.17) is 10.8 Å². The molecule has 0 aliphatic rings. The van der Waals surface area contributed by atoms with Crippen LogP contribution >= 0.6 is 0 Å². The summed E-state index contributed by atoms with van der Waals surface area (Å²) < 4.78 is 1.89. The molecule has 0 aromatic carbocycles. The third-order valence-corrected chi connectivity index (χ3v) is 1.94. The van der Waals surface area contributed by atoms with Gasteiger partial charge in [-0.1, -0.05) is 0 Å². The van der Waals surface area contributed by atoms with E-state index < -0.39 is 12.0 Å². The number of aromatic nitrogens is 4. The van der Waals surface area contributed by atoms with Gasteiger partial charge in [-0.25, -0.2) is 9.97 Å². The van der Waals surface area contributed by atoms with Gasteiger partial charge in [0.15, 0.2) is 0 Å². The lowest BCUT2D eigenvalue weighted by molar-refractivity contribution is -0.138. The number of aromatic amines is 1. The lowest BCUT2D eigenvalue weighted by Gasteiger charge is -2.01. The number of nitrogens with one attached hydrogen (secondary N) is 1. The summed E-state index contributed by atoms with van der Waals surface area (Å²) in [6, 6.07) is -0.863. The van der Waals surface area contributed by atoms with Gasteiger partial charge in [-0.2, -0.15) is 0 Å². The Kier molecular flexibility index (Phi) is 4.89. The lowest BCUT2D eigenvalue weighted by Crippen LogP contribution is -2.32. The average Bonchev–Trinajstić information content (AvgIpc) is 2.92. The highest BCUT2D eigenvalue weighted by Crippen LogP contribution is 1.95. The number of carboxylic acids is 1. The van der Waals surface area contributed by atoms with Gasteiger partial charge in [-0.05, 0) is 0 Å². The summed E-state index contributed by atoms with van der Waals surface area (Å²) in [5.74, 6) is -1.01. The van der Waals surface area contributed by atoms with E-state index >= 15 is 0 Å². The number of hydrogen-bond donors (Lipinski definition) is 3. The van der Waals surface area contributed by atoms with Crippen molar-refractivity contribution in [3.8, 4) is 0 Å². The van der Waals surface area contributed by atoms with Gasteiger partial charge in [0, 0.05) is 32.1 Å². The SMILES string of the molecule is Cn1ccnc1.NC(Cc1c[nH]cn1)C(=O)O. The molecule has 0 saturated carbocycles. The molecule has 2 aromatic heterocycles. The van der Waals surface area contributed by atoms with Gasteiger partial charge in [-0.3, -0.25) is 4.79 Å². The van der Waals surface area contributed by atoms with E-state index in [1.54, 1.807) is 18.7 Å². The summed E-state index contributed by atoms with van der Waals surface area (Å²) in [6.07, 6.45) is 8.77. The Morgan fingerprint density at radius 2 is 2.47 bits per heavy atom. The van der Waals surface area contributed by atoms with Crippen molar-refractivity contribution in [1.29, 1.82) is 0 Å². The molecule has 0 aliphatic carbocycles. The smallest absolute Gasteiger partial charge is 0.320 e. The molecule has 2 rings (SSSR count). The molecule has 0 aliphatic heterocycles. The van der Waals surface area contributed by atoms with E-state index in [-0.39, 0.29) is 6.42 Å². The largest absolute Gasteiger partial charge is 0.480 e. The highest BCUT2D eigenvalue weighted by atomic mass is 16.4. The maximum atomic E-state index is 10.3. The summed E-state index contributed by atoms with van der Waals surface area (Å²) >= 11 is 0. The molecule has 1 atom stereocenters. The summed E-state index contributed by atoms with van der Waals surface area (Å²) in [7, 11) is 1.94. The van der Waals surface area contributed by atoms with Gasteiger partial charge < -0.3 is 20.4 Å². The zero-order chi connectivity index (χ0) is 12.7. The molecule has 7 nitrogen and oxygen atoms in total. The van der Waals surface area contributed by atoms with Crippen molar-refractivity contribution in [2.24, 2.45) is 12.8 Å². The first kappa shape index (κ1) is 12.9. The minimum atomic E-state index is -1.01. The second-order valence-electron chi connectivity index (χ2n) is 3.44. The van der Waals surface area contributed by atoms with Crippen LogP contribution in [0.15, 0.2) is 31.2 Å². The Morgan fingerprint density at radius 1 is 1.71 bits per heavy atom. The fourth-order valence-electron chi connectivity index (χ4n) is 1.04. The molecule has 0 bridgehead atoms. The highest BCUT2D eigenvalue weighted by molar-refractivity contribution is 5.73. The fourth-order valence-corrected chi connectivity index (χ4v) is 1.04. The van der Waals surface area contributed by atoms with Crippen LogP contribution in [0.1, 0.15) is 5.69 Å². The summed E-state index contributed by atoms with van der Waals surface area (Å²) in [6.45, 7) is 0. The number of hydrogen-bond acceptors (Lipinski definition) is 4. The molecular weight excluding hydrogens is 222 g/mol. The van der Waals surface area contributed by atoms with Crippen LogP contribution in [0.4, 0.5) is 0 Å². The fraction of sp³-hybridized carbons (Fsp3) is 0.300. The number of carboxylic acid groups (broad SMARTS) is 1. The topological polar surface area (TPSA) is 110 Å². The van der Waals surface area contributed by atoms with Crippen molar-refractivity contribution in [2.45, 2.75) is 12.5 Å². The average molecular weight is 237 g/mol. The number of H-pyrrole nitrogens is 1. The number of imidazole rings is 2. The number of carbonyl (C=O) groups is 1. The van der Waals surface area contributed by atoms with Gasteiger partial charge in [0.05, 0.1) is 18.3 Å². The van der Waals surface area contributed by atoms with Crippen LogP contribution in [-0.4, -0.2) is 36.6 Å². The molecule has 0 amide bonds. The van der Waals surface area contributed by atoms with Gasteiger partial charge in [-0.15, -0.1) is 0 Å². The standard InChI is InChI=1S/C6H9N3O2.C4H6N2/c7-5(6(10)11)1-4-2-8-3-9-4;1-6-3-2-5-4-6/h2-3,5H,1,7H2,(H,8,9)(H,10,11);2-4H,1H3. The number of aliphatic carboxylic acids is 1. The van der Waals surface area contributed by atoms with E-state index in [0.29, 0.717) is 5.69 Å². The first-order valence-corrected chi connectivity index (χ1v) is 4.97. The summed E-state index contributed by atoms with van der Waals surface area (Å²) in [5.41, 5.74) is 5.92. The van der Waals surface area contributed by atoms with Crippen molar-refractivity contribution in [3.05, 3.63) is 36.9 Å². The van der Waals surface area contributed by atoms with E-state index in [1.807, 2.05) is 17.8 Å². The molecule has 7 heteroatoms. The quantitative estimate of drug-likeness (QED) is 0.683. The van der Waals surface area contributed by atoms with E-state index in [0.717, 1.165) is 0 Å². The third-order valence-electron chi connectivity index (χ3n) is 1.94. The maximum absolute atomic E-state index is 10.3. The first-order valence-electron chi connectivity index (χ1n) is 4.97. The zero-order valence-electron chi connectivity index (χ0n) is 9.45. The molecule has 17 heavy (non-hydrogen) atoms. The second-order valence-corrected chi connectivity index (χ2v) is 3.44. The summed E-state index contributed by atoms with van der Waals surface area (Å²) in [5, 5.41) is 8.42. The Balaban J connectivity index is 0.000000202. The van der Waals surface area contributed by atoms with E-state index in [2.05, 4.69) is 15.0 Å². The van der Waals surface area contributed by atoms with Crippen LogP contribution in [0.2, 0.25) is 0 Å². The maximum Gasteiger partial charge on any atom is 0.320 e. The predicted octanol–water partition coefficient (Wildman–Crippen LogP) is -0.216. The van der Waals surface area contributed by atoms with Crippen LogP contribution in [0.5, 0.6) is 0 Å². The number of aryl methyl sites for hydroxylation is 1. The van der Waals surface area contributed by atoms with Crippen molar-refractivity contribution < 1.29 is 9.90 Å². The van der Waals surface area contributed by atoms with Crippen LogP contribution < -0.4 is 5.73 Å². The van der Waals surface area contributed by atoms with Crippen molar-refractivity contribution in [3.63, 3.8) is 0 Å². The predicted molar refractivity (Wildman–Crippen MR) is 61.1 cm³/mol.